The van der Waals surface area contributed by atoms with Crippen molar-refractivity contribution in [2.75, 3.05) is 38.0 Å². The molecule has 0 saturated carbocycles. The highest BCUT2D eigenvalue weighted by molar-refractivity contribution is 5.89. The number of rotatable bonds is 2. The first-order chi connectivity index (χ1) is 9.61. The second-order valence-electron chi connectivity index (χ2n) is 4.45. The number of urea groups is 1. The van der Waals surface area contributed by atoms with Crippen molar-refractivity contribution in [1.82, 2.24) is 9.80 Å². The Bertz CT molecular complexity index is 515. The molecule has 1 aromatic carbocycles. The minimum atomic E-state index is -0.804. The number of para-hydroxylation sites is 1. The fourth-order valence-electron chi connectivity index (χ4n) is 2.01. The topological polar surface area (TPSA) is 59.4 Å². The van der Waals surface area contributed by atoms with E-state index in [1.54, 1.807) is 0 Å². The van der Waals surface area contributed by atoms with Crippen molar-refractivity contribution in [3.05, 3.63) is 29.8 Å². The molecule has 0 aromatic heterocycles. The van der Waals surface area contributed by atoms with Gasteiger partial charge in [0.05, 0.1) is 12.6 Å². The third-order valence-electron chi connectivity index (χ3n) is 3.15. The number of nitriles is 1. The van der Waals surface area contributed by atoms with Crippen LogP contribution in [0.1, 0.15) is 0 Å². The van der Waals surface area contributed by atoms with Gasteiger partial charge in [0.1, 0.15) is 17.3 Å². The second kappa shape index (κ2) is 6.30. The number of hydrogen-bond acceptors (Lipinski definition) is 3. The van der Waals surface area contributed by atoms with E-state index in [1.807, 2.05) is 11.0 Å². The SMILES string of the molecule is N#CCN1CCN(C(=O)Nc2c(F)cccc2F)CC1. The molecule has 1 aliphatic rings. The van der Waals surface area contributed by atoms with Crippen LogP contribution < -0.4 is 5.32 Å². The molecule has 1 fully saturated rings. The van der Waals surface area contributed by atoms with Gasteiger partial charge in [0.2, 0.25) is 0 Å². The molecule has 1 heterocycles. The number of carbonyl (C=O) groups excluding carboxylic acids is 1. The van der Waals surface area contributed by atoms with Crippen LogP contribution in [0.25, 0.3) is 0 Å². The summed E-state index contributed by atoms with van der Waals surface area (Å²) < 4.78 is 26.8. The zero-order valence-corrected chi connectivity index (χ0v) is 10.8. The van der Waals surface area contributed by atoms with E-state index in [2.05, 4.69) is 5.32 Å². The van der Waals surface area contributed by atoms with E-state index >= 15 is 0 Å². The lowest BCUT2D eigenvalue weighted by Gasteiger charge is -2.33. The Morgan fingerprint density at radius 2 is 1.85 bits per heavy atom. The molecular weight excluding hydrogens is 266 g/mol. The molecule has 5 nitrogen and oxygen atoms in total. The Morgan fingerprint density at radius 1 is 1.25 bits per heavy atom. The molecule has 20 heavy (non-hydrogen) atoms. The average Bonchev–Trinajstić information content (AvgIpc) is 2.44. The summed E-state index contributed by atoms with van der Waals surface area (Å²) in [6.07, 6.45) is 0. The van der Waals surface area contributed by atoms with E-state index < -0.39 is 23.4 Å². The Balaban J connectivity index is 1.95. The normalized spacial score (nSPS) is 15.8. The molecule has 1 saturated heterocycles. The molecule has 0 atom stereocenters. The first-order valence-corrected chi connectivity index (χ1v) is 6.21. The maximum absolute atomic E-state index is 13.4. The van der Waals surface area contributed by atoms with E-state index in [1.165, 1.54) is 11.0 Å². The van der Waals surface area contributed by atoms with Gasteiger partial charge in [-0.25, -0.2) is 13.6 Å². The quantitative estimate of drug-likeness (QED) is 0.838. The molecule has 2 amide bonds. The van der Waals surface area contributed by atoms with E-state index in [-0.39, 0.29) is 0 Å². The van der Waals surface area contributed by atoms with E-state index in [4.69, 9.17) is 5.26 Å². The number of benzene rings is 1. The Hall–Kier alpha value is -2.20. The standard InChI is InChI=1S/C13H14F2N4O/c14-10-2-1-3-11(15)12(10)17-13(20)19-8-6-18(5-4-16)7-9-19/h1-3H,5-9H2,(H,17,20). The lowest BCUT2D eigenvalue weighted by atomic mass is 10.3. The summed E-state index contributed by atoms with van der Waals surface area (Å²) in [5.74, 6) is -1.61. The highest BCUT2D eigenvalue weighted by Gasteiger charge is 2.22. The summed E-state index contributed by atoms with van der Waals surface area (Å²) in [4.78, 5) is 15.3. The van der Waals surface area contributed by atoms with Gasteiger partial charge in [-0.05, 0) is 12.1 Å². The predicted octanol–water partition coefficient (Wildman–Crippen LogP) is 1.64. The van der Waals surface area contributed by atoms with Crippen molar-refractivity contribution in [1.29, 1.82) is 5.26 Å². The van der Waals surface area contributed by atoms with Gasteiger partial charge >= 0.3 is 6.03 Å². The average molecular weight is 280 g/mol. The zero-order chi connectivity index (χ0) is 14.5. The second-order valence-corrected chi connectivity index (χ2v) is 4.45. The molecule has 2 rings (SSSR count). The van der Waals surface area contributed by atoms with Crippen molar-refractivity contribution >= 4 is 11.7 Å². The van der Waals surface area contributed by atoms with E-state index in [9.17, 15) is 13.6 Å². The van der Waals surface area contributed by atoms with Crippen molar-refractivity contribution in [3.8, 4) is 6.07 Å². The summed E-state index contributed by atoms with van der Waals surface area (Å²) in [5, 5.41) is 10.8. The number of hydrogen-bond donors (Lipinski definition) is 1. The predicted molar refractivity (Wildman–Crippen MR) is 69.0 cm³/mol. The van der Waals surface area contributed by atoms with E-state index in [0.29, 0.717) is 32.7 Å². The van der Waals surface area contributed by atoms with Crippen LogP contribution in [0.15, 0.2) is 18.2 Å². The van der Waals surface area contributed by atoms with Crippen LogP contribution in [-0.2, 0) is 0 Å². The highest BCUT2D eigenvalue weighted by atomic mass is 19.1. The summed E-state index contributed by atoms with van der Waals surface area (Å²) in [5.41, 5.74) is -0.433. The maximum Gasteiger partial charge on any atom is 0.322 e. The smallest absolute Gasteiger partial charge is 0.322 e. The molecule has 0 spiro atoms. The van der Waals surface area contributed by atoms with Crippen LogP contribution in [0.2, 0.25) is 0 Å². The van der Waals surface area contributed by atoms with Gasteiger partial charge in [0.25, 0.3) is 0 Å². The van der Waals surface area contributed by atoms with Gasteiger partial charge in [0, 0.05) is 26.2 Å². The van der Waals surface area contributed by atoms with Gasteiger partial charge < -0.3 is 10.2 Å². The Kier molecular flexibility index (Phi) is 4.48. The lowest BCUT2D eigenvalue weighted by molar-refractivity contribution is 0.156. The number of amides is 2. The Labute approximate surface area is 115 Å². The lowest BCUT2D eigenvalue weighted by Crippen LogP contribution is -2.50. The van der Waals surface area contributed by atoms with Crippen LogP contribution in [0.3, 0.4) is 0 Å². The van der Waals surface area contributed by atoms with Gasteiger partial charge in [-0.2, -0.15) is 5.26 Å². The van der Waals surface area contributed by atoms with Gasteiger partial charge in [0.15, 0.2) is 0 Å². The molecule has 0 bridgehead atoms. The molecule has 0 aliphatic carbocycles. The van der Waals surface area contributed by atoms with Crippen LogP contribution >= 0.6 is 0 Å². The van der Waals surface area contributed by atoms with E-state index in [0.717, 1.165) is 12.1 Å². The van der Waals surface area contributed by atoms with Gasteiger partial charge in [-0.1, -0.05) is 6.07 Å². The first-order valence-electron chi connectivity index (χ1n) is 6.21. The molecule has 1 aromatic rings. The number of nitrogens with zero attached hydrogens (tertiary/aromatic N) is 3. The highest BCUT2D eigenvalue weighted by Crippen LogP contribution is 2.18. The largest absolute Gasteiger partial charge is 0.322 e. The molecule has 106 valence electrons. The molecular formula is C13H14F2N4O. The number of piperazine rings is 1. The fraction of sp³-hybridized carbons (Fsp3) is 0.385. The maximum atomic E-state index is 13.4. The van der Waals surface area contributed by atoms with Crippen molar-refractivity contribution in [2.45, 2.75) is 0 Å². The molecule has 1 aliphatic heterocycles. The third kappa shape index (κ3) is 3.22. The molecule has 1 N–H and O–H groups in total. The van der Waals surface area contributed by atoms with Crippen LogP contribution in [0, 0.1) is 23.0 Å². The van der Waals surface area contributed by atoms with Crippen LogP contribution in [0.4, 0.5) is 19.3 Å². The molecule has 7 heteroatoms. The number of carbonyl (C=O) groups is 1. The van der Waals surface area contributed by atoms with Crippen LogP contribution in [-0.4, -0.2) is 48.6 Å². The minimum absolute atomic E-state index is 0.317. The van der Waals surface area contributed by atoms with Gasteiger partial charge in [-0.15, -0.1) is 0 Å². The zero-order valence-electron chi connectivity index (χ0n) is 10.8. The van der Waals surface area contributed by atoms with Crippen molar-refractivity contribution < 1.29 is 13.6 Å². The van der Waals surface area contributed by atoms with Gasteiger partial charge in [-0.3, -0.25) is 4.90 Å². The summed E-state index contributed by atoms with van der Waals surface area (Å²) >= 11 is 0. The summed E-state index contributed by atoms with van der Waals surface area (Å²) in [7, 11) is 0. The monoisotopic (exact) mass is 280 g/mol. The summed E-state index contributed by atoms with van der Waals surface area (Å²) in [6.45, 7) is 2.30. The fourth-order valence-corrected chi connectivity index (χ4v) is 2.01. The first kappa shape index (κ1) is 14.2. The van der Waals surface area contributed by atoms with Crippen molar-refractivity contribution in [3.63, 3.8) is 0 Å². The number of nitrogens with one attached hydrogen (secondary N) is 1. The molecule has 0 radical (unpaired) electrons. The number of halogens is 2. The minimum Gasteiger partial charge on any atom is -0.322 e. The molecule has 0 unspecified atom stereocenters. The number of anilines is 1. The van der Waals surface area contributed by atoms with Crippen LogP contribution in [0.5, 0.6) is 0 Å². The van der Waals surface area contributed by atoms with Crippen molar-refractivity contribution in [2.24, 2.45) is 0 Å². The summed E-state index contributed by atoms with van der Waals surface area (Å²) in [6, 6.07) is 4.92. The Morgan fingerprint density at radius 3 is 2.40 bits per heavy atom. The third-order valence-corrected chi connectivity index (χ3v) is 3.15.